The summed E-state index contributed by atoms with van der Waals surface area (Å²) >= 11 is 0. The Balaban J connectivity index is 2.24. The molecule has 20 heavy (non-hydrogen) atoms. The Morgan fingerprint density at radius 3 is 2.75 bits per heavy atom. The molecule has 0 aromatic carbocycles. The third kappa shape index (κ3) is 1.54. The highest BCUT2D eigenvalue weighted by atomic mass is 16.4. The molecule has 0 bridgehead atoms. The SMILES string of the molecule is CC(C)N1Cc2c([nH]c3cc(C(=O)O)nn3c2=O)C1=O. The lowest BCUT2D eigenvalue weighted by Gasteiger charge is -2.19. The Morgan fingerprint density at radius 2 is 2.15 bits per heavy atom. The van der Waals surface area contributed by atoms with Crippen LogP contribution in [0.25, 0.3) is 5.65 Å². The fourth-order valence-corrected chi connectivity index (χ4v) is 2.30. The summed E-state index contributed by atoms with van der Waals surface area (Å²) in [5.41, 5.74) is 0.0299. The van der Waals surface area contributed by atoms with Gasteiger partial charge in [-0.25, -0.2) is 4.79 Å². The zero-order valence-corrected chi connectivity index (χ0v) is 10.9. The fraction of sp³-hybridized carbons (Fsp3) is 0.333. The number of carboxylic acids is 1. The second-order valence-corrected chi connectivity index (χ2v) is 4.94. The second-order valence-electron chi connectivity index (χ2n) is 4.94. The van der Waals surface area contributed by atoms with E-state index in [0.29, 0.717) is 5.56 Å². The number of nitrogens with one attached hydrogen (secondary N) is 1. The second kappa shape index (κ2) is 3.92. The normalized spacial score (nSPS) is 14.3. The number of aromatic amines is 1. The van der Waals surface area contributed by atoms with Crippen LogP contribution < -0.4 is 5.56 Å². The Labute approximate surface area is 112 Å². The van der Waals surface area contributed by atoms with E-state index in [-0.39, 0.29) is 35.5 Å². The predicted molar refractivity (Wildman–Crippen MR) is 67.8 cm³/mol. The van der Waals surface area contributed by atoms with Crippen molar-refractivity contribution >= 4 is 17.5 Å². The molecule has 2 aromatic heterocycles. The summed E-state index contributed by atoms with van der Waals surface area (Å²) in [6.07, 6.45) is 0. The molecule has 0 saturated heterocycles. The molecule has 8 nitrogen and oxygen atoms in total. The smallest absolute Gasteiger partial charge is 0.356 e. The van der Waals surface area contributed by atoms with E-state index >= 15 is 0 Å². The molecule has 1 amide bonds. The summed E-state index contributed by atoms with van der Waals surface area (Å²) in [5.74, 6) is -1.48. The van der Waals surface area contributed by atoms with Crippen molar-refractivity contribution in [3.05, 3.63) is 33.4 Å². The van der Waals surface area contributed by atoms with E-state index in [0.717, 1.165) is 4.52 Å². The number of rotatable bonds is 2. The highest BCUT2D eigenvalue weighted by molar-refractivity contribution is 5.97. The average Bonchev–Trinajstić information content (AvgIpc) is 2.93. The zero-order chi connectivity index (χ0) is 14.6. The van der Waals surface area contributed by atoms with E-state index in [1.807, 2.05) is 13.8 Å². The molecule has 0 spiro atoms. The van der Waals surface area contributed by atoms with Gasteiger partial charge in [0.05, 0.1) is 12.1 Å². The molecule has 0 aliphatic carbocycles. The highest BCUT2D eigenvalue weighted by Gasteiger charge is 2.33. The van der Waals surface area contributed by atoms with Crippen LogP contribution in [-0.2, 0) is 6.54 Å². The van der Waals surface area contributed by atoms with Crippen molar-refractivity contribution in [1.29, 1.82) is 0 Å². The maximum absolute atomic E-state index is 12.3. The molecule has 1 aliphatic rings. The van der Waals surface area contributed by atoms with Crippen LogP contribution in [0.3, 0.4) is 0 Å². The number of aromatic carboxylic acids is 1. The Kier molecular flexibility index (Phi) is 2.43. The third-order valence-corrected chi connectivity index (χ3v) is 3.36. The summed E-state index contributed by atoms with van der Waals surface area (Å²) in [7, 11) is 0. The molecule has 3 rings (SSSR count). The molecule has 0 saturated carbocycles. The summed E-state index contributed by atoms with van der Waals surface area (Å²) in [6.45, 7) is 3.93. The van der Waals surface area contributed by atoms with Crippen LogP contribution >= 0.6 is 0 Å². The highest BCUT2D eigenvalue weighted by Crippen LogP contribution is 2.21. The third-order valence-electron chi connectivity index (χ3n) is 3.36. The van der Waals surface area contributed by atoms with Gasteiger partial charge in [0, 0.05) is 12.1 Å². The van der Waals surface area contributed by atoms with Crippen LogP contribution in [0.5, 0.6) is 0 Å². The lowest BCUT2D eigenvalue weighted by molar-refractivity contribution is 0.0688. The molecular formula is C12H12N4O4. The maximum Gasteiger partial charge on any atom is 0.356 e. The largest absolute Gasteiger partial charge is 0.476 e. The van der Waals surface area contributed by atoms with E-state index in [1.54, 1.807) is 4.90 Å². The summed E-state index contributed by atoms with van der Waals surface area (Å²) < 4.78 is 0.986. The fourth-order valence-electron chi connectivity index (χ4n) is 2.30. The van der Waals surface area contributed by atoms with E-state index in [1.165, 1.54) is 6.07 Å². The van der Waals surface area contributed by atoms with Crippen LogP contribution in [0.4, 0.5) is 0 Å². The van der Waals surface area contributed by atoms with Gasteiger partial charge in [-0.05, 0) is 13.8 Å². The van der Waals surface area contributed by atoms with Gasteiger partial charge in [0.2, 0.25) is 0 Å². The van der Waals surface area contributed by atoms with Gasteiger partial charge in [0.25, 0.3) is 11.5 Å². The summed E-state index contributed by atoms with van der Waals surface area (Å²) in [6, 6.07) is 1.21. The van der Waals surface area contributed by atoms with Crippen molar-refractivity contribution < 1.29 is 14.7 Å². The molecule has 0 unspecified atom stereocenters. The average molecular weight is 276 g/mol. The van der Waals surface area contributed by atoms with Gasteiger partial charge in [0.15, 0.2) is 5.69 Å². The number of hydrogen-bond acceptors (Lipinski definition) is 4. The van der Waals surface area contributed by atoms with Crippen LogP contribution in [0, 0.1) is 0 Å². The first-order valence-electron chi connectivity index (χ1n) is 6.09. The molecule has 3 heterocycles. The first kappa shape index (κ1) is 12.4. The van der Waals surface area contributed by atoms with Gasteiger partial charge < -0.3 is 15.0 Å². The van der Waals surface area contributed by atoms with E-state index in [2.05, 4.69) is 10.1 Å². The number of amides is 1. The molecular weight excluding hydrogens is 264 g/mol. The molecule has 0 fully saturated rings. The Bertz CT molecular complexity index is 802. The minimum Gasteiger partial charge on any atom is -0.476 e. The van der Waals surface area contributed by atoms with Crippen LogP contribution in [0.2, 0.25) is 0 Å². The molecule has 2 aromatic rings. The van der Waals surface area contributed by atoms with Crippen molar-refractivity contribution in [3.63, 3.8) is 0 Å². The topological polar surface area (TPSA) is 108 Å². The number of hydrogen-bond donors (Lipinski definition) is 2. The van der Waals surface area contributed by atoms with Crippen molar-refractivity contribution in [2.45, 2.75) is 26.4 Å². The van der Waals surface area contributed by atoms with Crippen LogP contribution in [0.15, 0.2) is 10.9 Å². The van der Waals surface area contributed by atoms with Crippen LogP contribution in [-0.4, -0.2) is 42.5 Å². The first-order valence-corrected chi connectivity index (χ1v) is 6.09. The van der Waals surface area contributed by atoms with Crippen molar-refractivity contribution in [3.8, 4) is 0 Å². The number of H-pyrrole nitrogens is 1. The van der Waals surface area contributed by atoms with Gasteiger partial charge >= 0.3 is 5.97 Å². The van der Waals surface area contributed by atoms with Gasteiger partial charge in [-0.2, -0.15) is 9.61 Å². The van der Waals surface area contributed by atoms with Crippen molar-refractivity contribution in [2.24, 2.45) is 0 Å². The molecule has 0 radical (unpaired) electrons. The molecule has 104 valence electrons. The van der Waals surface area contributed by atoms with Crippen molar-refractivity contribution in [2.75, 3.05) is 0 Å². The molecule has 0 atom stereocenters. The van der Waals surface area contributed by atoms with Gasteiger partial charge in [-0.15, -0.1) is 0 Å². The Hall–Kier alpha value is -2.64. The maximum atomic E-state index is 12.3. The predicted octanol–water partition coefficient (Wildman–Crippen LogP) is 0.0850. The van der Waals surface area contributed by atoms with Gasteiger partial charge in [0.1, 0.15) is 11.3 Å². The standard InChI is InChI=1S/C12H12N4O4/c1-5(2)15-4-6-9(11(15)18)13-8-3-7(12(19)20)14-16(8)10(6)17/h3,5,13H,4H2,1-2H3,(H,19,20). The number of carbonyl (C=O) groups is 2. The molecule has 8 heteroatoms. The zero-order valence-electron chi connectivity index (χ0n) is 10.9. The first-order chi connectivity index (χ1) is 9.40. The Morgan fingerprint density at radius 1 is 1.45 bits per heavy atom. The summed E-state index contributed by atoms with van der Waals surface area (Å²) in [4.78, 5) is 39.7. The van der Waals surface area contributed by atoms with Gasteiger partial charge in [-0.1, -0.05) is 0 Å². The number of aromatic nitrogens is 3. The molecule has 2 N–H and O–H groups in total. The van der Waals surface area contributed by atoms with E-state index in [9.17, 15) is 14.4 Å². The minimum atomic E-state index is -1.23. The number of fused-ring (bicyclic) bond motifs is 2. The van der Waals surface area contributed by atoms with E-state index in [4.69, 9.17) is 5.11 Å². The summed E-state index contributed by atoms with van der Waals surface area (Å²) in [5, 5.41) is 12.6. The number of carboxylic acid groups (broad SMARTS) is 1. The molecule has 1 aliphatic heterocycles. The minimum absolute atomic E-state index is 0.0235. The quantitative estimate of drug-likeness (QED) is 0.808. The van der Waals surface area contributed by atoms with Gasteiger partial charge in [-0.3, -0.25) is 9.59 Å². The lowest BCUT2D eigenvalue weighted by atomic mass is 10.2. The number of carbonyl (C=O) groups excluding carboxylic acids is 1. The van der Waals surface area contributed by atoms with Crippen molar-refractivity contribution in [1.82, 2.24) is 19.5 Å². The number of nitrogens with zero attached hydrogens (tertiary/aromatic N) is 3. The lowest BCUT2D eigenvalue weighted by Crippen LogP contribution is -2.31. The van der Waals surface area contributed by atoms with Crippen LogP contribution in [0.1, 0.15) is 40.4 Å². The monoisotopic (exact) mass is 276 g/mol. The van der Waals surface area contributed by atoms with E-state index < -0.39 is 11.5 Å².